The number of nitrogens with one attached hydrogen (secondary N) is 1. The third-order valence-electron chi connectivity index (χ3n) is 2.55. The van der Waals surface area contributed by atoms with E-state index in [-0.39, 0.29) is 16.2 Å². The van der Waals surface area contributed by atoms with E-state index in [1.807, 2.05) is 6.92 Å². The highest BCUT2D eigenvalue weighted by Crippen LogP contribution is 2.26. The van der Waals surface area contributed by atoms with Crippen molar-refractivity contribution in [2.75, 3.05) is 19.0 Å². The van der Waals surface area contributed by atoms with Crippen molar-refractivity contribution >= 4 is 29.2 Å². The minimum Gasteiger partial charge on any atom is -0.465 e. The summed E-state index contributed by atoms with van der Waals surface area (Å²) in [6, 6.07) is 6.43. The van der Waals surface area contributed by atoms with Gasteiger partial charge in [0, 0.05) is 6.20 Å². The van der Waals surface area contributed by atoms with Crippen LogP contribution in [0.5, 0.6) is 0 Å². The zero-order chi connectivity index (χ0) is 16.5. The lowest BCUT2D eigenvalue weighted by Gasteiger charge is -2.09. The quantitative estimate of drug-likeness (QED) is 0.492. The molecule has 0 fully saturated rings. The second kappa shape index (κ2) is 8.70. The van der Waals surface area contributed by atoms with Crippen molar-refractivity contribution in [2.24, 2.45) is 0 Å². The van der Waals surface area contributed by atoms with Crippen molar-refractivity contribution in [3.63, 3.8) is 0 Å². The Bertz CT molecular complexity index is 635. The molecule has 7 heteroatoms. The van der Waals surface area contributed by atoms with E-state index in [9.17, 15) is 9.59 Å². The van der Waals surface area contributed by atoms with Gasteiger partial charge in [0.2, 0.25) is 0 Å². The summed E-state index contributed by atoms with van der Waals surface area (Å²) >= 11 is 6.13. The second-order valence-electron chi connectivity index (χ2n) is 4.11. The Kier molecular flexibility index (Phi) is 6.93. The maximum atomic E-state index is 11.8. The van der Waals surface area contributed by atoms with Crippen LogP contribution in [0.25, 0.3) is 0 Å². The Morgan fingerprint density at radius 1 is 1.45 bits per heavy atom. The first-order chi connectivity index (χ1) is 10.5. The Morgan fingerprint density at radius 2 is 2.18 bits per heavy atom. The van der Waals surface area contributed by atoms with Crippen molar-refractivity contribution in [2.45, 2.75) is 13.3 Å². The Morgan fingerprint density at radius 3 is 2.77 bits per heavy atom. The monoisotopic (exact) mass is 322 g/mol. The predicted octanol–water partition coefficient (Wildman–Crippen LogP) is 2.90. The Labute approximate surface area is 133 Å². The maximum absolute atomic E-state index is 11.8. The fourth-order valence-electron chi connectivity index (χ4n) is 1.47. The van der Waals surface area contributed by atoms with Gasteiger partial charge in [0.1, 0.15) is 6.07 Å². The van der Waals surface area contributed by atoms with Gasteiger partial charge in [0.25, 0.3) is 0 Å². The number of methoxy groups -OCH3 is 1. The fraction of sp³-hybridized carbons (Fsp3) is 0.267. The van der Waals surface area contributed by atoms with Crippen LogP contribution in [0.4, 0.5) is 5.69 Å². The molecule has 1 N–H and O–H groups in total. The summed E-state index contributed by atoms with van der Waals surface area (Å²) in [7, 11) is 1.17. The number of benzene rings is 1. The van der Waals surface area contributed by atoms with Crippen molar-refractivity contribution in [1.82, 2.24) is 0 Å². The van der Waals surface area contributed by atoms with E-state index in [0.29, 0.717) is 18.7 Å². The van der Waals surface area contributed by atoms with Crippen molar-refractivity contribution < 1.29 is 19.1 Å². The molecule has 0 unspecified atom stereocenters. The zero-order valence-electron chi connectivity index (χ0n) is 12.2. The highest BCUT2D eigenvalue weighted by atomic mass is 35.5. The van der Waals surface area contributed by atoms with E-state index >= 15 is 0 Å². The molecule has 0 aromatic heterocycles. The van der Waals surface area contributed by atoms with E-state index in [1.165, 1.54) is 13.2 Å². The molecule has 0 bridgehead atoms. The van der Waals surface area contributed by atoms with Crippen LogP contribution in [0.2, 0.25) is 5.02 Å². The van der Waals surface area contributed by atoms with Gasteiger partial charge >= 0.3 is 11.9 Å². The maximum Gasteiger partial charge on any atom is 0.350 e. The molecule has 0 radical (unpaired) electrons. The number of nitrogens with zero attached hydrogens (tertiary/aromatic N) is 1. The van der Waals surface area contributed by atoms with Crippen LogP contribution in [0, 0.1) is 11.3 Å². The first kappa shape index (κ1) is 17.5. The number of carbonyl (C=O) groups excluding carboxylic acids is 2. The molecule has 0 saturated heterocycles. The molecular formula is C15H15ClN2O4. The van der Waals surface area contributed by atoms with Gasteiger partial charge in [-0.1, -0.05) is 24.6 Å². The number of ether oxygens (including phenoxy) is 2. The van der Waals surface area contributed by atoms with E-state index < -0.39 is 11.9 Å². The number of halogens is 1. The molecule has 116 valence electrons. The zero-order valence-corrected chi connectivity index (χ0v) is 12.9. The molecule has 1 aromatic carbocycles. The van der Waals surface area contributed by atoms with E-state index in [0.717, 1.165) is 6.20 Å². The molecular weight excluding hydrogens is 308 g/mol. The summed E-state index contributed by atoms with van der Waals surface area (Å²) in [5, 5.41) is 11.7. The predicted molar refractivity (Wildman–Crippen MR) is 81.4 cm³/mol. The largest absolute Gasteiger partial charge is 0.465 e. The highest BCUT2D eigenvalue weighted by Gasteiger charge is 2.15. The number of hydrogen-bond donors (Lipinski definition) is 1. The number of rotatable bonds is 6. The molecule has 0 atom stereocenters. The Balaban J connectivity index is 2.98. The van der Waals surface area contributed by atoms with Crippen LogP contribution in [-0.4, -0.2) is 25.7 Å². The lowest BCUT2D eigenvalue weighted by Crippen LogP contribution is -2.08. The lowest BCUT2D eigenvalue weighted by atomic mass is 10.2. The molecule has 1 aromatic rings. The summed E-state index contributed by atoms with van der Waals surface area (Å²) in [5.41, 5.74) is 0.340. The first-order valence-electron chi connectivity index (χ1n) is 6.45. The summed E-state index contributed by atoms with van der Waals surface area (Å²) in [5.74, 6) is -1.31. The average molecular weight is 323 g/mol. The topological polar surface area (TPSA) is 88.4 Å². The normalized spacial score (nSPS) is 10.5. The SMILES string of the molecule is CCCOC(=O)c1cccc(NC=C(C#N)C(=O)OC)c1Cl. The third-order valence-corrected chi connectivity index (χ3v) is 2.96. The third kappa shape index (κ3) is 4.50. The smallest absolute Gasteiger partial charge is 0.350 e. The van der Waals surface area contributed by atoms with Gasteiger partial charge in [-0.2, -0.15) is 5.26 Å². The minimum absolute atomic E-state index is 0.141. The summed E-state index contributed by atoms with van der Waals surface area (Å²) < 4.78 is 9.47. The molecule has 0 aliphatic rings. The molecule has 1 rings (SSSR count). The number of esters is 2. The molecule has 0 spiro atoms. The van der Waals surface area contributed by atoms with Crippen LogP contribution < -0.4 is 5.32 Å². The van der Waals surface area contributed by atoms with Crippen LogP contribution in [-0.2, 0) is 14.3 Å². The van der Waals surface area contributed by atoms with Crippen molar-refractivity contribution in [1.29, 1.82) is 5.26 Å². The second-order valence-corrected chi connectivity index (χ2v) is 4.49. The van der Waals surface area contributed by atoms with Gasteiger partial charge in [-0.3, -0.25) is 0 Å². The Hall–Kier alpha value is -2.52. The lowest BCUT2D eigenvalue weighted by molar-refractivity contribution is -0.135. The first-order valence-corrected chi connectivity index (χ1v) is 6.83. The number of anilines is 1. The summed E-state index contributed by atoms with van der Waals surface area (Å²) in [6.07, 6.45) is 1.86. The minimum atomic E-state index is -0.773. The molecule has 0 amide bonds. The van der Waals surface area contributed by atoms with Crippen molar-refractivity contribution in [3.05, 3.63) is 40.6 Å². The van der Waals surface area contributed by atoms with Crippen LogP contribution in [0.3, 0.4) is 0 Å². The summed E-state index contributed by atoms with van der Waals surface area (Å²) in [6.45, 7) is 2.18. The molecule has 0 aliphatic heterocycles. The molecule has 0 saturated carbocycles. The molecule has 0 heterocycles. The molecule has 6 nitrogen and oxygen atoms in total. The van der Waals surface area contributed by atoms with Crippen LogP contribution >= 0.6 is 11.6 Å². The average Bonchev–Trinajstić information content (AvgIpc) is 2.54. The molecule has 22 heavy (non-hydrogen) atoms. The van der Waals surface area contributed by atoms with E-state index in [2.05, 4.69) is 10.1 Å². The van der Waals surface area contributed by atoms with E-state index in [4.69, 9.17) is 21.6 Å². The van der Waals surface area contributed by atoms with Gasteiger partial charge in [-0.25, -0.2) is 9.59 Å². The van der Waals surface area contributed by atoms with Gasteiger partial charge in [-0.15, -0.1) is 0 Å². The van der Waals surface area contributed by atoms with Gasteiger partial charge < -0.3 is 14.8 Å². The fourth-order valence-corrected chi connectivity index (χ4v) is 1.73. The van der Waals surface area contributed by atoms with Crippen molar-refractivity contribution in [3.8, 4) is 6.07 Å². The number of carbonyl (C=O) groups is 2. The van der Waals surface area contributed by atoms with Gasteiger partial charge in [0.05, 0.1) is 30.0 Å². The highest BCUT2D eigenvalue weighted by molar-refractivity contribution is 6.36. The van der Waals surface area contributed by atoms with Gasteiger partial charge in [-0.05, 0) is 18.6 Å². The molecule has 0 aliphatic carbocycles. The summed E-state index contributed by atoms with van der Waals surface area (Å²) in [4.78, 5) is 23.1. The van der Waals surface area contributed by atoms with E-state index in [1.54, 1.807) is 18.2 Å². The standard InChI is InChI=1S/C15H15ClN2O4/c1-3-7-22-15(20)11-5-4-6-12(13(11)16)18-9-10(8-17)14(19)21-2/h4-6,9,18H,3,7H2,1-2H3. The number of nitriles is 1. The van der Waals surface area contributed by atoms with Crippen LogP contribution in [0.15, 0.2) is 30.0 Å². The van der Waals surface area contributed by atoms with Gasteiger partial charge in [0.15, 0.2) is 5.57 Å². The van der Waals surface area contributed by atoms with Crippen LogP contribution in [0.1, 0.15) is 23.7 Å². The number of hydrogen-bond acceptors (Lipinski definition) is 6.